The van der Waals surface area contributed by atoms with Crippen molar-refractivity contribution in [3.8, 4) is 0 Å². The number of aromatic nitrogens is 2. The lowest BCUT2D eigenvalue weighted by molar-refractivity contribution is -0.129. The van der Waals surface area contributed by atoms with Crippen LogP contribution in [-0.2, 0) is 9.53 Å². The summed E-state index contributed by atoms with van der Waals surface area (Å²) in [6.45, 7) is 10.9. The second-order valence-electron chi connectivity index (χ2n) is 11.3. The molecule has 0 N–H and O–H groups in total. The van der Waals surface area contributed by atoms with Gasteiger partial charge < -0.3 is 19.1 Å². The van der Waals surface area contributed by atoms with Crippen LogP contribution in [0.1, 0.15) is 70.3 Å². The van der Waals surface area contributed by atoms with Crippen molar-refractivity contribution < 1.29 is 18.7 Å². The van der Waals surface area contributed by atoms with E-state index in [-0.39, 0.29) is 29.9 Å². The van der Waals surface area contributed by atoms with E-state index >= 15 is 4.39 Å². The van der Waals surface area contributed by atoms with E-state index in [2.05, 4.69) is 26.6 Å². The molecule has 0 bridgehead atoms. The maximum absolute atomic E-state index is 15.6. The quantitative estimate of drug-likeness (QED) is 0.301. The van der Waals surface area contributed by atoms with Crippen molar-refractivity contribution in [3.63, 3.8) is 0 Å². The average molecular weight is 606 g/mol. The highest BCUT2D eigenvalue weighted by molar-refractivity contribution is 9.10. The molecule has 5 rings (SSSR count). The minimum absolute atomic E-state index is 0.0447. The lowest BCUT2D eigenvalue weighted by Gasteiger charge is -2.28. The number of nitrogens with zero attached hydrogens (tertiary/aromatic N) is 4. The van der Waals surface area contributed by atoms with Gasteiger partial charge in [-0.25, -0.2) is 14.2 Å². The molecule has 2 aliphatic heterocycles. The first-order valence-corrected chi connectivity index (χ1v) is 15.0. The number of carbonyl (C=O) groups is 2. The summed E-state index contributed by atoms with van der Waals surface area (Å²) in [5.74, 6) is -0.329. The SMILES string of the molecule is CSc1nc2c(F)c(Br)c(C)cc2c2c1cc(C1CCCN1C(C)=O)n2C1CCN(C(=O)OC(C)(C)C)C1. The Morgan fingerprint density at radius 1 is 1.18 bits per heavy atom. The smallest absolute Gasteiger partial charge is 0.410 e. The fourth-order valence-corrected chi connectivity index (χ4v) is 6.74. The van der Waals surface area contributed by atoms with E-state index in [4.69, 9.17) is 9.72 Å². The third-order valence-electron chi connectivity index (χ3n) is 7.50. The topological polar surface area (TPSA) is 67.7 Å². The van der Waals surface area contributed by atoms with Crippen molar-refractivity contribution in [2.45, 2.75) is 76.6 Å². The number of likely N-dealkylation sites (tertiary alicyclic amines) is 2. The summed E-state index contributed by atoms with van der Waals surface area (Å²) in [6.07, 6.45) is 4.14. The predicted octanol–water partition coefficient (Wildman–Crippen LogP) is 6.99. The molecule has 0 radical (unpaired) electrons. The third-order valence-corrected chi connectivity index (χ3v) is 9.17. The van der Waals surface area contributed by atoms with Gasteiger partial charge in [0.1, 0.15) is 16.1 Å². The fourth-order valence-electron chi connectivity index (χ4n) is 5.88. The number of aryl methyl sites for hydroxylation is 1. The van der Waals surface area contributed by atoms with Crippen LogP contribution in [-0.4, -0.2) is 62.8 Å². The first-order valence-electron chi connectivity index (χ1n) is 13.0. The molecule has 3 aromatic rings. The van der Waals surface area contributed by atoms with Crippen LogP contribution in [0.25, 0.3) is 21.8 Å². The minimum Gasteiger partial charge on any atom is -0.444 e. The lowest BCUT2D eigenvalue weighted by atomic mass is 10.1. The molecular formula is C28H34BrFN4O3S. The Labute approximate surface area is 235 Å². The second-order valence-corrected chi connectivity index (χ2v) is 12.9. The van der Waals surface area contributed by atoms with Crippen LogP contribution < -0.4 is 0 Å². The number of ether oxygens (including phenoxy) is 1. The van der Waals surface area contributed by atoms with Crippen LogP contribution in [0, 0.1) is 12.7 Å². The number of rotatable bonds is 3. The van der Waals surface area contributed by atoms with Crippen LogP contribution >= 0.6 is 27.7 Å². The summed E-state index contributed by atoms with van der Waals surface area (Å²) in [7, 11) is 0. The van der Waals surface area contributed by atoms with E-state index in [1.807, 2.05) is 44.9 Å². The largest absolute Gasteiger partial charge is 0.444 e. The molecule has 38 heavy (non-hydrogen) atoms. The molecule has 204 valence electrons. The van der Waals surface area contributed by atoms with Gasteiger partial charge in [0.15, 0.2) is 5.82 Å². The number of halogens is 2. The molecule has 0 saturated carbocycles. The summed E-state index contributed by atoms with van der Waals surface area (Å²) in [5, 5.41) is 2.44. The zero-order valence-electron chi connectivity index (χ0n) is 22.7. The molecule has 1 aromatic carbocycles. The molecule has 2 atom stereocenters. The van der Waals surface area contributed by atoms with Gasteiger partial charge in [0.05, 0.1) is 22.1 Å². The van der Waals surface area contributed by atoms with Gasteiger partial charge >= 0.3 is 6.09 Å². The summed E-state index contributed by atoms with van der Waals surface area (Å²) in [5.41, 5.74) is 2.47. The van der Waals surface area contributed by atoms with E-state index in [0.717, 1.165) is 51.8 Å². The van der Waals surface area contributed by atoms with Crippen molar-refractivity contribution in [2.75, 3.05) is 25.9 Å². The number of hydrogen-bond donors (Lipinski definition) is 0. The van der Waals surface area contributed by atoms with Crippen LogP contribution in [0.15, 0.2) is 21.6 Å². The van der Waals surface area contributed by atoms with E-state index in [1.54, 1.807) is 11.8 Å². The Morgan fingerprint density at radius 2 is 1.92 bits per heavy atom. The molecule has 2 amide bonds. The van der Waals surface area contributed by atoms with Gasteiger partial charge in [0.2, 0.25) is 5.91 Å². The first-order chi connectivity index (χ1) is 17.9. The Hall–Kier alpha value is -2.33. The first kappa shape index (κ1) is 27.2. The van der Waals surface area contributed by atoms with Crippen LogP contribution in [0.3, 0.4) is 0 Å². The highest BCUT2D eigenvalue weighted by atomic mass is 79.9. The van der Waals surface area contributed by atoms with Crippen molar-refractivity contribution in [1.29, 1.82) is 0 Å². The predicted molar refractivity (Wildman–Crippen MR) is 152 cm³/mol. The summed E-state index contributed by atoms with van der Waals surface area (Å²) in [6, 6.07) is 4.00. The Balaban J connectivity index is 1.74. The number of fused-ring (bicyclic) bond motifs is 3. The number of pyridine rings is 1. The monoisotopic (exact) mass is 604 g/mol. The fraction of sp³-hybridized carbons (Fsp3) is 0.536. The van der Waals surface area contributed by atoms with Gasteiger partial charge in [-0.2, -0.15) is 0 Å². The van der Waals surface area contributed by atoms with Gasteiger partial charge in [-0.3, -0.25) is 4.79 Å². The molecule has 2 saturated heterocycles. The van der Waals surface area contributed by atoms with Crippen molar-refractivity contribution in [2.24, 2.45) is 0 Å². The summed E-state index contributed by atoms with van der Waals surface area (Å²) in [4.78, 5) is 34.0. The molecule has 7 nitrogen and oxygen atoms in total. The standard InChI is InChI=1S/C28H34BrFN4O3S/c1-15-12-18-24(23(30)22(15)29)31-26(38-6)19-13-21(20-8-7-10-33(20)16(2)35)34(25(18)19)17-9-11-32(14-17)27(36)37-28(3,4)5/h12-13,17,20H,7-11,14H2,1-6H3. The average Bonchev–Trinajstić information content (AvgIpc) is 3.58. The zero-order valence-corrected chi connectivity index (χ0v) is 25.1. The Bertz CT molecular complexity index is 1450. The van der Waals surface area contributed by atoms with Gasteiger partial charge in [-0.05, 0) is 86.8 Å². The van der Waals surface area contributed by atoms with Gasteiger partial charge in [-0.1, -0.05) is 0 Å². The number of carbonyl (C=O) groups excluding carboxylic acids is 2. The summed E-state index contributed by atoms with van der Waals surface area (Å²) >= 11 is 4.88. The highest BCUT2D eigenvalue weighted by Gasteiger charge is 2.37. The van der Waals surface area contributed by atoms with E-state index in [9.17, 15) is 9.59 Å². The maximum atomic E-state index is 15.6. The molecule has 4 heterocycles. The molecule has 0 spiro atoms. The lowest BCUT2D eigenvalue weighted by Crippen LogP contribution is -2.35. The molecule has 2 fully saturated rings. The van der Waals surface area contributed by atoms with Gasteiger partial charge in [0, 0.05) is 43.0 Å². The second kappa shape index (κ2) is 10.0. The number of thioether (sulfide) groups is 1. The van der Waals surface area contributed by atoms with Gasteiger partial charge in [0.25, 0.3) is 0 Å². The zero-order chi connectivity index (χ0) is 27.5. The molecule has 2 aromatic heterocycles. The van der Waals surface area contributed by atoms with Crippen LogP contribution in [0.4, 0.5) is 9.18 Å². The van der Waals surface area contributed by atoms with Crippen molar-refractivity contribution in [1.82, 2.24) is 19.4 Å². The van der Waals surface area contributed by atoms with E-state index in [0.29, 0.717) is 29.6 Å². The number of benzene rings is 1. The normalized spacial score (nSPS) is 20.2. The highest BCUT2D eigenvalue weighted by Crippen LogP contribution is 2.44. The van der Waals surface area contributed by atoms with Gasteiger partial charge in [-0.15, -0.1) is 11.8 Å². The number of hydrogen-bond acceptors (Lipinski definition) is 5. The Kier molecular flexibility index (Phi) is 7.18. The minimum atomic E-state index is -0.579. The molecule has 2 aliphatic rings. The third kappa shape index (κ3) is 4.68. The van der Waals surface area contributed by atoms with Crippen LogP contribution in [0.2, 0.25) is 0 Å². The molecule has 10 heteroatoms. The van der Waals surface area contributed by atoms with E-state index in [1.165, 1.54) is 11.8 Å². The maximum Gasteiger partial charge on any atom is 0.410 e. The van der Waals surface area contributed by atoms with Crippen molar-refractivity contribution >= 4 is 61.5 Å². The van der Waals surface area contributed by atoms with E-state index < -0.39 is 5.60 Å². The van der Waals surface area contributed by atoms with Crippen LogP contribution in [0.5, 0.6) is 0 Å². The summed E-state index contributed by atoms with van der Waals surface area (Å²) < 4.78 is 23.9. The van der Waals surface area contributed by atoms with Crippen molar-refractivity contribution in [3.05, 3.63) is 33.7 Å². The molecule has 2 unspecified atom stereocenters. The molecule has 0 aliphatic carbocycles. The molecular weight excluding hydrogens is 571 g/mol. The number of amides is 2. The Morgan fingerprint density at radius 3 is 2.58 bits per heavy atom.